The van der Waals surface area contributed by atoms with Crippen LogP contribution in [0.1, 0.15) is 24.8 Å². The maximum absolute atomic E-state index is 8.95. The SMILES string of the molecule is COC=O.c1ccc(CC2CCCCN2)cc1. The van der Waals surface area contributed by atoms with Crippen LogP contribution in [-0.4, -0.2) is 26.2 Å². The first-order chi connectivity index (χ1) is 8.36. The van der Waals surface area contributed by atoms with Crippen molar-refractivity contribution in [3.8, 4) is 0 Å². The summed E-state index contributed by atoms with van der Waals surface area (Å²) < 4.78 is 3.86. The normalized spacial score (nSPS) is 18.8. The summed E-state index contributed by atoms with van der Waals surface area (Å²) in [6.45, 7) is 1.58. The Kier molecular flexibility index (Phi) is 7.07. The van der Waals surface area contributed by atoms with Gasteiger partial charge in [-0.15, -0.1) is 0 Å². The Labute approximate surface area is 103 Å². The van der Waals surface area contributed by atoms with Gasteiger partial charge < -0.3 is 10.1 Å². The van der Waals surface area contributed by atoms with E-state index in [4.69, 9.17) is 4.79 Å². The summed E-state index contributed by atoms with van der Waals surface area (Å²) in [5.74, 6) is 0. The van der Waals surface area contributed by atoms with Gasteiger partial charge >= 0.3 is 0 Å². The van der Waals surface area contributed by atoms with Crippen LogP contribution in [0.3, 0.4) is 0 Å². The molecule has 1 aromatic carbocycles. The molecule has 1 fully saturated rings. The summed E-state index contributed by atoms with van der Waals surface area (Å²) in [5, 5.41) is 3.57. The van der Waals surface area contributed by atoms with Crippen molar-refractivity contribution in [2.24, 2.45) is 0 Å². The van der Waals surface area contributed by atoms with Crippen LogP contribution in [0.15, 0.2) is 30.3 Å². The lowest BCUT2D eigenvalue weighted by Gasteiger charge is -2.23. The molecule has 0 radical (unpaired) electrons. The third kappa shape index (κ3) is 6.07. The van der Waals surface area contributed by atoms with Crippen molar-refractivity contribution in [3.63, 3.8) is 0 Å². The minimum Gasteiger partial charge on any atom is -0.471 e. The monoisotopic (exact) mass is 235 g/mol. The zero-order valence-electron chi connectivity index (χ0n) is 10.4. The Hall–Kier alpha value is -1.35. The van der Waals surface area contributed by atoms with Crippen LogP contribution in [0.5, 0.6) is 0 Å². The number of rotatable bonds is 3. The molecular weight excluding hydrogens is 214 g/mol. The van der Waals surface area contributed by atoms with Gasteiger partial charge in [0, 0.05) is 6.04 Å². The molecule has 1 saturated heterocycles. The second kappa shape index (κ2) is 8.76. The molecule has 3 heteroatoms. The summed E-state index contributed by atoms with van der Waals surface area (Å²) >= 11 is 0. The first-order valence-electron chi connectivity index (χ1n) is 6.10. The van der Waals surface area contributed by atoms with Gasteiger partial charge in [-0.05, 0) is 31.4 Å². The van der Waals surface area contributed by atoms with Crippen LogP contribution in [0.4, 0.5) is 0 Å². The highest BCUT2D eigenvalue weighted by Gasteiger charge is 2.12. The van der Waals surface area contributed by atoms with E-state index in [1.54, 1.807) is 0 Å². The van der Waals surface area contributed by atoms with Crippen LogP contribution in [0, 0.1) is 0 Å². The van der Waals surface area contributed by atoms with E-state index in [0.29, 0.717) is 6.47 Å². The van der Waals surface area contributed by atoms with Crippen molar-refractivity contribution in [1.29, 1.82) is 0 Å². The van der Waals surface area contributed by atoms with E-state index in [1.807, 2.05) is 0 Å². The number of piperidine rings is 1. The Balaban J connectivity index is 0.000000317. The van der Waals surface area contributed by atoms with E-state index < -0.39 is 0 Å². The number of hydrogen-bond acceptors (Lipinski definition) is 3. The number of carbonyl (C=O) groups excluding carboxylic acids is 1. The summed E-state index contributed by atoms with van der Waals surface area (Å²) in [4.78, 5) is 8.95. The standard InChI is InChI=1S/C12H17N.C2H4O2/c1-2-6-11(7-3-1)10-12-8-4-5-9-13-12;1-4-2-3/h1-3,6-7,12-13H,4-5,8-10H2;2H,1H3. The largest absolute Gasteiger partial charge is 0.471 e. The molecule has 1 N–H and O–H groups in total. The number of carbonyl (C=O) groups is 1. The molecule has 1 atom stereocenters. The zero-order valence-corrected chi connectivity index (χ0v) is 10.4. The second-order valence-electron chi connectivity index (χ2n) is 4.17. The maximum atomic E-state index is 8.95. The van der Waals surface area contributed by atoms with Crippen molar-refractivity contribution in [1.82, 2.24) is 5.32 Å². The fraction of sp³-hybridized carbons (Fsp3) is 0.500. The van der Waals surface area contributed by atoms with E-state index in [9.17, 15) is 0 Å². The van der Waals surface area contributed by atoms with Crippen molar-refractivity contribution in [2.45, 2.75) is 31.7 Å². The van der Waals surface area contributed by atoms with Crippen molar-refractivity contribution in [3.05, 3.63) is 35.9 Å². The third-order valence-electron chi connectivity index (χ3n) is 2.83. The molecular formula is C14H21NO2. The molecule has 1 aliphatic rings. The fourth-order valence-corrected chi connectivity index (χ4v) is 2.00. The molecule has 17 heavy (non-hydrogen) atoms. The van der Waals surface area contributed by atoms with E-state index in [-0.39, 0.29) is 0 Å². The lowest BCUT2D eigenvalue weighted by molar-refractivity contribution is -0.126. The maximum Gasteiger partial charge on any atom is 0.292 e. The molecule has 0 aromatic heterocycles. The van der Waals surface area contributed by atoms with Gasteiger partial charge in [-0.3, -0.25) is 4.79 Å². The smallest absolute Gasteiger partial charge is 0.292 e. The van der Waals surface area contributed by atoms with E-state index in [1.165, 1.54) is 44.9 Å². The predicted octanol–water partition coefficient (Wildman–Crippen LogP) is 2.16. The van der Waals surface area contributed by atoms with Gasteiger partial charge in [0.05, 0.1) is 7.11 Å². The van der Waals surface area contributed by atoms with Crippen molar-refractivity contribution in [2.75, 3.05) is 13.7 Å². The molecule has 0 bridgehead atoms. The first-order valence-corrected chi connectivity index (χ1v) is 6.10. The molecule has 0 saturated carbocycles. The van der Waals surface area contributed by atoms with Crippen LogP contribution in [0.2, 0.25) is 0 Å². The molecule has 1 aliphatic heterocycles. The van der Waals surface area contributed by atoms with Gasteiger partial charge in [-0.25, -0.2) is 0 Å². The number of nitrogens with one attached hydrogen (secondary N) is 1. The third-order valence-corrected chi connectivity index (χ3v) is 2.83. The van der Waals surface area contributed by atoms with Crippen LogP contribution < -0.4 is 5.32 Å². The molecule has 0 amide bonds. The fourth-order valence-electron chi connectivity index (χ4n) is 2.00. The summed E-state index contributed by atoms with van der Waals surface area (Å²) in [5.41, 5.74) is 1.46. The highest BCUT2D eigenvalue weighted by atomic mass is 16.5. The lowest BCUT2D eigenvalue weighted by Crippen LogP contribution is -2.35. The molecule has 1 unspecified atom stereocenters. The first kappa shape index (κ1) is 13.7. The minimum absolute atomic E-state index is 0.375. The Morgan fingerprint density at radius 3 is 2.59 bits per heavy atom. The number of methoxy groups -OCH3 is 1. The molecule has 1 heterocycles. The molecule has 1 aromatic rings. The minimum atomic E-state index is 0.375. The number of hydrogen-bond donors (Lipinski definition) is 1. The van der Waals surface area contributed by atoms with Crippen LogP contribution in [-0.2, 0) is 16.0 Å². The Morgan fingerprint density at radius 1 is 1.35 bits per heavy atom. The second-order valence-corrected chi connectivity index (χ2v) is 4.17. The molecule has 0 aliphatic carbocycles. The van der Waals surface area contributed by atoms with Gasteiger partial charge in [0.2, 0.25) is 0 Å². The Bertz CT molecular complexity index is 294. The summed E-state index contributed by atoms with van der Waals surface area (Å²) in [6, 6.07) is 11.5. The van der Waals surface area contributed by atoms with Gasteiger partial charge in [0.25, 0.3) is 6.47 Å². The lowest BCUT2D eigenvalue weighted by atomic mass is 9.98. The zero-order chi connectivity index (χ0) is 12.3. The van der Waals surface area contributed by atoms with Crippen molar-refractivity contribution < 1.29 is 9.53 Å². The predicted molar refractivity (Wildman–Crippen MR) is 68.9 cm³/mol. The number of ether oxygens (including phenoxy) is 1. The molecule has 94 valence electrons. The van der Waals surface area contributed by atoms with Crippen LogP contribution in [0.25, 0.3) is 0 Å². The average molecular weight is 235 g/mol. The van der Waals surface area contributed by atoms with E-state index in [0.717, 1.165) is 6.04 Å². The van der Waals surface area contributed by atoms with Crippen molar-refractivity contribution >= 4 is 6.47 Å². The quantitative estimate of drug-likeness (QED) is 0.816. The average Bonchev–Trinajstić information content (AvgIpc) is 2.41. The topological polar surface area (TPSA) is 38.3 Å². The summed E-state index contributed by atoms with van der Waals surface area (Å²) in [6.07, 6.45) is 5.28. The molecule has 0 spiro atoms. The van der Waals surface area contributed by atoms with Crippen LogP contribution >= 0.6 is 0 Å². The van der Waals surface area contributed by atoms with Gasteiger partial charge in [0.15, 0.2) is 0 Å². The number of benzene rings is 1. The van der Waals surface area contributed by atoms with Gasteiger partial charge in [-0.2, -0.15) is 0 Å². The van der Waals surface area contributed by atoms with E-state index in [2.05, 4.69) is 40.4 Å². The highest BCUT2D eigenvalue weighted by molar-refractivity contribution is 5.36. The van der Waals surface area contributed by atoms with E-state index >= 15 is 0 Å². The summed E-state index contributed by atoms with van der Waals surface area (Å²) in [7, 11) is 1.31. The molecule has 3 nitrogen and oxygen atoms in total. The van der Waals surface area contributed by atoms with Gasteiger partial charge in [-0.1, -0.05) is 36.8 Å². The molecule has 2 rings (SSSR count). The van der Waals surface area contributed by atoms with Gasteiger partial charge in [0.1, 0.15) is 0 Å². The highest BCUT2D eigenvalue weighted by Crippen LogP contribution is 2.12. The Morgan fingerprint density at radius 2 is 2.06 bits per heavy atom.